The first-order valence-corrected chi connectivity index (χ1v) is 11.0. The van der Waals surface area contributed by atoms with Crippen LogP contribution in [0.15, 0.2) is 42.5 Å². The molecule has 4 nitrogen and oxygen atoms in total. The average molecular weight is 432 g/mol. The summed E-state index contributed by atoms with van der Waals surface area (Å²) < 4.78 is 14.7. The molecule has 2 atom stereocenters. The van der Waals surface area contributed by atoms with Crippen LogP contribution in [0.2, 0.25) is 5.02 Å². The molecule has 2 N–H and O–H groups in total. The van der Waals surface area contributed by atoms with Gasteiger partial charge in [0.2, 0.25) is 5.91 Å². The van der Waals surface area contributed by atoms with Gasteiger partial charge < -0.3 is 15.5 Å². The molecule has 1 fully saturated rings. The van der Waals surface area contributed by atoms with Crippen LogP contribution in [-0.2, 0) is 11.2 Å². The highest BCUT2D eigenvalue weighted by molar-refractivity contribution is 6.30. The van der Waals surface area contributed by atoms with Crippen LogP contribution in [0.1, 0.15) is 37.9 Å². The zero-order chi connectivity index (χ0) is 21.8. The second-order valence-corrected chi connectivity index (χ2v) is 8.93. The summed E-state index contributed by atoms with van der Waals surface area (Å²) in [5.41, 5.74) is 8.86. The van der Waals surface area contributed by atoms with Crippen LogP contribution in [0, 0.1) is 17.7 Å². The van der Waals surface area contributed by atoms with E-state index in [1.807, 2.05) is 60.9 Å². The minimum absolute atomic E-state index is 0.115. The second-order valence-electron chi connectivity index (χ2n) is 8.49. The molecular weight excluding hydrogens is 401 g/mol. The molecule has 0 spiro atoms. The number of hydrogen-bond donors (Lipinski definition) is 1. The van der Waals surface area contributed by atoms with E-state index in [2.05, 4.69) is 0 Å². The standard InChI is InChI=1S/C24H31ClFN3O/c1-16(2)22(27)20-5-4-6-21(26)23(20)28-11-13-29(14-12-28)24(30)17(3)15-18-7-9-19(25)10-8-18/h4-10,16-17,22H,11-15,27H2,1-3H3/t17?,22-/m0/s1. The number of nitrogens with two attached hydrogens (primary N) is 1. The fraction of sp³-hybridized carbons (Fsp3) is 0.458. The summed E-state index contributed by atoms with van der Waals surface area (Å²) in [6.07, 6.45) is 0.678. The Kier molecular flexibility index (Phi) is 7.37. The van der Waals surface area contributed by atoms with E-state index in [1.54, 1.807) is 6.07 Å². The Morgan fingerprint density at radius 3 is 2.30 bits per heavy atom. The van der Waals surface area contributed by atoms with Crippen molar-refractivity contribution in [2.75, 3.05) is 31.1 Å². The molecule has 1 aliphatic heterocycles. The Morgan fingerprint density at radius 2 is 1.70 bits per heavy atom. The van der Waals surface area contributed by atoms with Crippen molar-refractivity contribution < 1.29 is 9.18 Å². The number of anilines is 1. The molecule has 2 aromatic rings. The molecule has 30 heavy (non-hydrogen) atoms. The Bertz CT molecular complexity index is 863. The van der Waals surface area contributed by atoms with Crippen LogP contribution >= 0.6 is 11.6 Å². The van der Waals surface area contributed by atoms with Gasteiger partial charge in [-0.25, -0.2) is 4.39 Å². The van der Waals surface area contributed by atoms with E-state index < -0.39 is 0 Å². The van der Waals surface area contributed by atoms with Crippen molar-refractivity contribution in [3.05, 3.63) is 64.4 Å². The molecule has 3 rings (SSSR count). The monoisotopic (exact) mass is 431 g/mol. The van der Waals surface area contributed by atoms with Crippen molar-refractivity contribution in [1.82, 2.24) is 4.90 Å². The predicted molar refractivity (Wildman–Crippen MR) is 121 cm³/mol. The molecule has 2 aromatic carbocycles. The van der Waals surface area contributed by atoms with Gasteiger partial charge in [-0.1, -0.05) is 56.6 Å². The quantitative estimate of drug-likeness (QED) is 0.723. The maximum absolute atomic E-state index is 14.7. The van der Waals surface area contributed by atoms with Gasteiger partial charge in [-0.3, -0.25) is 4.79 Å². The number of rotatable bonds is 6. The Balaban J connectivity index is 1.65. The summed E-state index contributed by atoms with van der Waals surface area (Å²) in [7, 11) is 0. The minimum Gasteiger partial charge on any atom is -0.365 e. The third-order valence-corrected chi connectivity index (χ3v) is 6.13. The van der Waals surface area contributed by atoms with Crippen LogP contribution in [0.4, 0.5) is 10.1 Å². The van der Waals surface area contributed by atoms with E-state index in [-0.39, 0.29) is 29.6 Å². The van der Waals surface area contributed by atoms with Gasteiger partial charge in [-0.2, -0.15) is 0 Å². The number of carbonyl (C=O) groups excluding carboxylic acids is 1. The first kappa shape index (κ1) is 22.6. The number of para-hydroxylation sites is 1. The summed E-state index contributed by atoms with van der Waals surface area (Å²) in [6.45, 7) is 8.38. The molecule has 1 aliphatic rings. The molecule has 0 radical (unpaired) electrons. The number of nitrogens with zero attached hydrogens (tertiary/aromatic N) is 2. The van der Waals surface area contributed by atoms with Gasteiger partial charge in [0.25, 0.3) is 0 Å². The number of halogens is 2. The summed E-state index contributed by atoms with van der Waals surface area (Å²) in [5.74, 6) is -0.0185. The summed E-state index contributed by atoms with van der Waals surface area (Å²) in [6, 6.07) is 12.5. The van der Waals surface area contributed by atoms with Gasteiger partial charge in [0.05, 0.1) is 5.69 Å². The highest BCUT2D eigenvalue weighted by Gasteiger charge is 2.28. The van der Waals surface area contributed by atoms with E-state index in [0.717, 1.165) is 11.1 Å². The van der Waals surface area contributed by atoms with Crippen LogP contribution < -0.4 is 10.6 Å². The normalized spacial score (nSPS) is 16.6. The van der Waals surface area contributed by atoms with Crippen molar-refractivity contribution in [2.24, 2.45) is 17.6 Å². The van der Waals surface area contributed by atoms with Crippen LogP contribution in [0.3, 0.4) is 0 Å². The van der Waals surface area contributed by atoms with E-state index in [4.69, 9.17) is 17.3 Å². The zero-order valence-electron chi connectivity index (χ0n) is 17.9. The maximum Gasteiger partial charge on any atom is 0.225 e. The molecule has 162 valence electrons. The molecular formula is C24H31ClFN3O. The summed E-state index contributed by atoms with van der Waals surface area (Å²) in [4.78, 5) is 16.8. The van der Waals surface area contributed by atoms with Crippen LogP contribution in [0.25, 0.3) is 0 Å². The molecule has 0 aliphatic carbocycles. The summed E-state index contributed by atoms with van der Waals surface area (Å²) >= 11 is 5.94. The Morgan fingerprint density at radius 1 is 1.07 bits per heavy atom. The topological polar surface area (TPSA) is 49.6 Å². The lowest BCUT2D eigenvalue weighted by molar-refractivity contribution is -0.135. The van der Waals surface area contributed by atoms with Crippen molar-refractivity contribution in [1.29, 1.82) is 0 Å². The third-order valence-electron chi connectivity index (χ3n) is 5.88. The van der Waals surface area contributed by atoms with Crippen LogP contribution in [0.5, 0.6) is 0 Å². The Labute approximate surface area is 183 Å². The fourth-order valence-electron chi connectivity index (χ4n) is 4.02. The number of piperazine rings is 1. The summed E-state index contributed by atoms with van der Waals surface area (Å²) in [5, 5.41) is 0.693. The van der Waals surface area contributed by atoms with Gasteiger partial charge >= 0.3 is 0 Å². The number of carbonyl (C=O) groups is 1. The molecule has 0 aromatic heterocycles. The highest BCUT2D eigenvalue weighted by atomic mass is 35.5. The van der Waals surface area contributed by atoms with E-state index in [0.29, 0.717) is 43.3 Å². The smallest absolute Gasteiger partial charge is 0.225 e. The fourth-order valence-corrected chi connectivity index (χ4v) is 4.14. The zero-order valence-corrected chi connectivity index (χ0v) is 18.7. The lowest BCUT2D eigenvalue weighted by Gasteiger charge is -2.38. The third kappa shape index (κ3) is 5.13. The van der Waals surface area contributed by atoms with Gasteiger partial charge in [0, 0.05) is 43.2 Å². The lowest BCUT2D eigenvalue weighted by Crippen LogP contribution is -2.51. The molecule has 0 bridgehead atoms. The van der Waals surface area contributed by atoms with Gasteiger partial charge in [-0.05, 0) is 41.7 Å². The van der Waals surface area contributed by atoms with Crippen molar-refractivity contribution in [3.63, 3.8) is 0 Å². The average Bonchev–Trinajstić information content (AvgIpc) is 2.74. The van der Waals surface area contributed by atoms with Crippen molar-refractivity contribution >= 4 is 23.2 Å². The Hall–Kier alpha value is -2.11. The van der Waals surface area contributed by atoms with Gasteiger partial charge in [0.15, 0.2) is 0 Å². The van der Waals surface area contributed by atoms with Gasteiger partial charge in [0.1, 0.15) is 5.82 Å². The van der Waals surface area contributed by atoms with E-state index >= 15 is 0 Å². The second kappa shape index (κ2) is 9.80. The highest BCUT2D eigenvalue weighted by Crippen LogP contribution is 2.32. The molecule has 1 amide bonds. The number of hydrogen-bond acceptors (Lipinski definition) is 3. The molecule has 1 heterocycles. The maximum atomic E-state index is 14.7. The van der Waals surface area contributed by atoms with Crippen LogP contribution in [-0.4, -0.2) is 37.0 Å². The molecule has 1 saturated heterocycles. The van der Waals surface area contributed by atoms with Crippen molar-refractivity contribution in [3.8, 4) is 0 Å². The SMILES string of the molecule is CC(Cc1ccc(Cl)cc1)C(=O)N1CCN(c2c(F)cccc2[C@@H](N)C(C)C)CC1. The predicted octanol–water partition coefficient (Wildman–Crippen LogP) is 4.66. The molecule has 6 heteroatoms. The first-order valence-electron chi connectivity index (χ1n) is 10.6. The van der Waals surface area contributed by atoms with Crippen molar-refractivity contribution in [2.45, 2.75) is 33.2 Å². The molecule has 0 saturated carbocycles. The van der Waals surface area contributed by atoms with E-state index in [9.17, 15) is 9.18 Å². The minimum atomic E-state index is -0.250. The van der Waals surface area contributed by atoms with Gasteiger partial charge in [-0.15, -0.1) is 0 Å². The lowest BCUT2D eigenvalue weighted by atomic mass is 9.94. The number of amides is 1. The van der Waals surface area contributed by atoms with E-state index in [1.165, 1.54) is 6.07 Å². The largest absolute Gasteiger partial charge is 0.365 e. The molecule has 1 unspecified atom stereocenters. The first-order chi connectivity index (χ1) is 14.3. The number of benzene rings is 2.